The molecule has 2 N–H and O–H groups in total. The van der Waals surface area contributed by atoms with Gasteiger partial charge >= 0.3 is 12.2 Å². The van der Waals surface area contributed by atoms with Crippen molar-refractivity contribution in [2.75, 3.05) is 25.0 Å². The van der Waals surface area contributed by atoms with Crippen molar-refractivity contribution in [3.63, 3.8) is 0 Å². The van der Waals surface area contributed by atoms with E-state index < -0.39 is 29.6 Å². The van der Waals surface area contributed by atoms with Gasteiger partial charge in [0.2, 0.25) is 0 Å². The number of anilines is 1. The van der Waals surface area contributed by atoms with Crippen LogP contribution in [-0.2, 0) is 16.1 Å². The van der Waals surface area contributed by atoms with Gasteiger partial charge in [-0.15, -0.1) is 0 Å². The summed E-state index contributed by atoms with van der Waals surface area (Å²) in [5.74, 6) is -0.520. The monoisotopic (exact) mass is 443 g/mol. The molecule has 0 aromatic heterocycles. The van der Waals surface area contributed by atoms with Gasteiger partial charge in [0.25, 0.3) is 0 Å². The predicted molar refractivity (Wildman–Crippen MR) is 120 cm³/mol. The molecule has 1 aliphatic rings. The van der Waals surface area contributed by atoms with Crippen LogP contribution in [0.5, 0.6) is 0 Å². The lowest BCUT2D eigenvalue weighted by molar-refractivity contribution is 0.0171. The number of amides is 2. The minimum Gasteiger partial charge on any atom is -0.444 e. The lowest BCUT2D eigenvalue weighted by Gasteiger charge is -2.32. The van der Waals surface area contributed by atoms with Gasteiger partial charge in [-0.1, -0.05) is 36.4 Å². The summed E-state index contributed by atoms with van der Waals surface area (Å²) in [6, 6.07) is 13.2. The molecule has 0 saturated carbocycles. The topological polar surface area (TPSA) is 79.9 Å². The number of carbonyl (C=O) groups is 2. The van der Waals surface area contributed by atoms with E-state index in [-0.39, 0.29) is 12.3 Å². The largest absolute Gasteiger partial charge is 0.444 e. The SMILES string of the molecule is CC(C)(C)OC(=O)N1CCCNCC1c1ccc(NC(=O)OCc2ccccc2)cc1F. The molecular weight excluding hydrogens is 413 g/mol. The van der Waals surface area contributed by atoms with E-state index in [4.69, 9.17) is 9.47 Å². The first kappa shape index (κ1) is 23.5. The first-order valence-electron chi connectivity index (χ1n) is 10.7. The number of rotatable bonds is 4. The molecule has 1 aliphatic heterocycles. The van der Waals surface area contributed by atoms with Gasteiger partial charge in [0, 0.05) is 24.3 Å². The highest BCUT2D eigenvalue weighted by Gasteiger charge is 2.32. The van der Waals surface area contributed by atoms with Crippen LogP contribution in [-0.4, -0.2) is 42.3 Å². The van der Waals surface area contributed by atoms with E-state index in [2.05, 4.69) is 10.6 Å². The van der Waals surface area contributed by atoms with Gasteiger partial charge in [0.05, 0.1) is 6.04 Å². The fourth-order valence-electron chi connectivity index (χ4n) is 3.45. The van der Waals surface area contributed by atoms with E-state index >= 15 is 4.39 Å². The molecule has 0 radical (unpaired) electrons. The summed E-state index contributed by atoms with van der Waals surface area (Å²) in [6.45, 7) is 7.10. The molecule has 1 saturated heterocycles. The number of nitrogens with one attached hydrogen (secondary N) is 2. The summed E-state index contributed by atoms with van der Waals surface area (Å²) >= 11 is 0. The maximum Gasteiger partial charge on any atom is 0.411 e. The molecular formula is C24H30FN3O4. The van der Waals surface area contributed by atoms with Gasteiger partial charge in [0.1, 0.15) is 18.0 Å². The number of hydrogen-bond donors (Lipinski definition) is 2. The minimum atomic E-state index is -0.674. The van der Waals surface area contributed by atoms with Gasteiger partial charge in [-0.2, -0.15) is 0 Å². The average Bonchev–Trinajstić information content (AvgIpc) is 2.98. The Balaban J connectivity index is 1.69. The number of nitrogens with zero attached hydrogens (tertiary/aromatic N) is 1. The molecule has 8 heteroatoms. The highest BCUT2D eigenvalue weighted by Crippen LogP contribution is 2.28. The summed E-state index contributed by atoms with van der Waals surface area (Å²) < 4.78 is 25.7. The summed E-state index contributed by atoms with van der Waals surface area (Å²) in [5, 5.41) is 5.78. The van der Waals surface area contributed by atoms with Crippen molar-refractivity contribution in [1.82, 2.24) is 10.2 Å². The second-order valence-corrected chi connectivity index (χ2v) is 8.67. The fraction of sp³-hybridized carbons (Fsp3) is 0.417. The van der Waals surface area contributed by atoms with Crippen molar-refractivity contribution >= 4 is 17.9 Å². The van der Waals surface area contributed by atoms with Gasteiger partial charge in [-0.05, 0) is 51.4 Å². The van der Waals surface area contributed by atoms with Crippen LogP contribution in [0.3, 0.4) is 0 Å². The Morgan fingerprint density at radius 2 is 1.94 bits per heavy atom. The highest BCUT2D eigenvalue weighted by molar-refractivity contribution is 5.84. The number of ether oxygens (including phenoxy) is 2. The zero-order valence-electron chi connectivity index (χ0n) is 18.7. The van der Waals surface area contributed by atoms with Crippen LogP contribution in [0, 0.1) is 5.82 Å². The number of benzene rings is 2. The van der Waals surface area contributed by atoms with Gasteiger partial charge in [0.15, 0.2) is 0 Å². The lowest BCUT2D eigenvalue weighted by Crippen LogP contribution is -2.41. The third kappa shape index (κ3) is 6.68. The van der Waals surface area contributed by atoms with Crippen molar-refractivity contribution < 1.29 is 23.5 Å². The van der Waals surface area contributed by atoms with Crippen LogP contribution >= 0.6 is 0 Å². The molecule has 0 aliphatic carbocycles. The van der Waals surface area contributed by atoms with Gasteiger partial charge in [-0.3, -0.25) is 10.2 Å². The first-order chi connectivity index (χ1) is 15.2. The highest BCUT2D eigenvalue weighted by atomic mass is 19.1. The Morgan fingerprint density at radius 1 is 1.19 bits per heavy atom. The van der Waals surface area contributed by atoms with Crippen LogP contribution in [0.15, 0.2) is 48.5 Å². The van der Waals surface area contributed by atoms with E-state index in [1.54, 1.807) is 37.8 Å². The molecule has 2 aromatic rings. The molecule has 1 atom stereocenters. The van der Waals surface area contributed by atoms with E-state index in [1.807, 2.05) is 30.3 Å². The van der Waals surface area contributed by atoms with Gasteiger partial charge < -0.3 is 14.8 Å². The van der Waals surface area contributed by atoms with E-state index in [9.17, 15) is 9.59 Å². The van der Waals surface area contributed by atoms with Crippen molar-refractivity contribution in [1.29, 1.82) is 0 Å². The second-order valence-electron chi connectivity index (χ2n) is 8.67. The van der Waals surface area contributed by atoms with Crippen LogP contribution in [0.25, 0.3) is 0 Å². The average molecular weight is 444 g/mol. The van der Waals surface area contributed by atoms with Gasteiger partial charge in [-0.25, -0.2) is 14.0 Å². The summed E-state index contributed by atoms with van der Waals surface area (Å²) in [5.41, 5.74) is 0.837. The minimum absolute atomic E-state index is 0.117. The number of hydrogen-bond acceptors (Lipinski definition) is 5. The van der Waals surface area contributed by atoms with Crippen LogP contribution in [0.1, 0.15) is 44.4 Å². The Hall–Kier alpha value is -3.13. The Bertz CT molecular complexity index is 931. The van der Waals surface area contributed by atoms with E-state index in [1.165, 1.54) is 6.07 Å². The van der Waals surface area contributed by atoms with Crippen molar-refractivity contribution in [2.45, 2.75) is 45.4 Å². The Kier molecular flexibility index (Phi) is 7.69. The molecule has 7 nitrogen and oxygen atoms in total. The third-order valence-corrected chi connectivity index (χ3v) is 4.91. The molecule has 1 unspecified atom stereocenters. The van der Waals surface area contributed by atoms with Crippen molar-refractivity contribution in [3.05, 3.63) is 65.5 Å². The molecule has 172 valence electrons. The predicted octanol–water partition coefficient (Wildman–Crippen LogP) is 4.85. The zero-order valence-corrected chi connectivity index (χ0v) is 18.7. The third-order valence-electron chi connectivity index (χ3n) is 4.91. The van der Waals surface area contributed by atoms with Crippen molar-refractivity contribution in [3.8, 4) is 0 Å². The second kappa shape index (κ2) is 10.5. The maximum absolute atomic E-state index is 15.0. The lowest BCUT2D eigenvalue weighted by atomic mass is 10.0. The number of carbonyl (C=O) groups excluding carboxylic acids is 2. The van der Waals surface area contributed by atoms with Crippen LogP contribution in [0.2, 0.25) is 0 Å². The Morgan fingerprint density at radius 3 is 2.62 bits per heavy atom. The molecule has 3 rings (SSSR count). The molecule has 2 amide bonds. The quantitative estimate of drug-likeness (QED) is 0.706. The van der Waals surface area contributed by atoms with Crippen LogP contribution in [0.4, 0.5) is 19.7 Å². The normalized spacial score (nSPS) is 16.8. The van der Waals surface area contributed by atoms with E-state index in [0.717, 1.165) is 18.5 Å². The molecule has 0 bridgehead atoms. The summed E-state index contributed by atoms with van der Waals surface area (Å²) in [6.07, 6.45) is -0.408. The molecule has 2 aromatic carbocycles. The fourth-order valence-corrected chi connectivity index (χ4v) is 3.45. The molecule has 0 spiro atoms. The number of halogens is 1. The molecule has 32 heavy (non-hydrogen) atoms. The first-order valence-corrected chi connectivity index (χ1v) is 10.7. The summed E-state index contributed by atoms with van der Waals surface area (Å²) in [4.78, 5) is 26.4. The Labute approximate surface area is 187 Å². The maximum atomic E-state index is 15.0. The van der Waals surface area contributed by atoms with Crippen LogP contribution < -0.4 is 10.6 Å². The molecule has 1 fully saturated rings. The molecule has 1 heterocycles. The summed E-state index contributed by atoms with van der Waals surface area (Å²) in [7, 11) is 0. The standard InChI is InChI=1S/C24H30FN3O4/c1-24(2,3)32-23(30)28-13-7-12-26-15-21(28)19-11-10-18(14-20(19)25)27-22(29)31-16-17-8-5-4-6-9-17/h4-6,8-11,14,21,26H,7,12-13,15-16H2,1-3H3,(H,27,29). The zero-order chi connectivity index (χ0) is 23.1. The van der Waals surface area contributed by atoms with Crippen molar-refractivity contribution in [2.24, 2.45) is 0 Å². The van der Waals surface area contributed by atoms with E-state index in [0.29, 0.717) is 18.7 Å². The smallest absolute Gasteiger partial charge is 0.411 e.